The number of sulfone groups is 1. The van der Waals surface area contributed by atoms with Gasteiger partial charge in [-0.25, -0.2) is 8.42 Å². The molecule has 1 aromatic carbocycles. The van der Waals surface area contributed by atoms with Crippen molar-refractivity contribution in [3.05, 3.63) is 24.3 Å². The molecule has 1 aliphatic carbocycles. The van der Waals surface area contributed by atoms with E-state index in [1.54, 1.807) is 24.3 Å². The van der Waals surface area contributed by atoms with E-state index in [0.29, 0.717) is 24.6 Å². The van der Waals surface area contributed by atoms with Crippen molar-refractivity contribution in [2.24, 2.45) is 5.73 Å². The number of hydrogen-bond acceptors (Lipinski definition) is 5. The molecule has 0 aliphatic heterocycles. The van der Waals surface area contributed by atoms with Gasteiger partial charge in [0.25, 0.3) is 0 Å². The molecule has 6 nitrogen and oxygen atoms in total. The van der Waals surface area contributed by atoms with Crippen LogP contribution in [0, 0.1) is 0 Å². The summed E-state index contributed by atoms with van der Waals surface area (Å²) in [5.74, 6) is 0.306. The van der Waals surface area contributed by atoms with Crippen LogP contribution in [0.1, 0.15) is 32.1 Å². The molecule has 128 valence electrons. The first kappa shape index (κ1) is 17.7. The second-order valence-corrected chi connectivity index (χ2v) is 8.13. The summed E-state index contributed by atoms with van der Waals surface area (Å²) in [6.07, 6.45) is 3.38. The molecule has 23 heavy (non-hydrogen) atoms. The lowest BCUT2D eigenvalue weighted by molar-refractivity contribution is -0.115. The molecule has 0 aromatic heterocycles. The largest absolute Gasteiger partial charge is 0.492 e. The van der Waals surface area contributed by atoms with Crippen molar-refractivity contribution in [2.45, 2.75) is 37.4 Å². The minimum atomic E-state index is -3.16. The summed E-state index contributed by atoms with van der Waals surface area (Å²) in [5.41, 5.74) is 5.97. The third kappa shape index (κ3) is 5.51. The van der Waals surface area contributed by atoms with Crippen LogP contribution in [0.4, 0.5) is 5.69 Å². The van der Waals surface area contributed by atoms with Gasteiger partial charge in [-0.05, 0) is 37.1 Å². The summed E-state index contributed by atoms with van der Waals surface area (Å²) in [6, 6.07) is 6.91. The van der Waals surface area contributed by atoms with E-state index in [9.17, 15) is 13.2 Å². The molecule has 0 bridgehead atoms. The number of rotatable bonds is 8. The molecule has 1 saturated carbocycles. The fourth-order valence-corrected chi connectivity index (χ4v) is 4.54. The zero-order chi connectivity index (χ0) is 16.7. The second-order valence-electron chi connectivity index (χ2n) is 5.73. The molecular formula is C16H24N2O4S. The van der Waals surface area contributed by atoms with Gasteiger partial charge >= 0.3 is 0 Å². The van der Waals surface area contributed by atoms with Crippen LogP contribution >= 0.6 is 0 Å². The Morgan fingerprint density at radius 1 is 1.22 bits per heavy atom. The second kappa shape index (κ2) is 8.31. The summed E-state index contributed by atoms with van der Waals surface area (Å²) in [5, 5.41) is 2.45. The molecule has 1 fully saturated rings. The van der Waals surface area contributed by atoms with Crippen LogP contribution in [0.15, 0.2) is 24.3 Å². The van der Waals surface area contributed by atoms with E-state index in [2.05, 4.69) is 5.32 Å². The molecule has 1 amide bonds. The summed E-state index contributed by atoms with van der Waals surface area (Å²) < 4.78 is 29.6. The highest BCUT2D eigenvalue weighted by Gasteiger charge is 2.28. The Morgan fingerprint density at radius 3 is 2.48 bits per heavy atom. The highest BCUT2D eigenvalue weighted by molar-refractivity contribution is 7.92. The van der Waals surface area contributed by atoms with Crippen molar-refractivity contribution < 1.29 is 17.9 Å². The first-order chi connectivity index (χ1) is 11.0. The number of ether oxygens (including phenoxy) is 1. The lowest BCUT2D eigenvalue weighted by atomic mass is 10.3. The number of benzene rings is 1. The number of carbonyl (C=O) groups excluding carboxylic acids is 1. The number of nitrogens with one attached hydrogen (secondary N) is 1. The van der Waals surface area contributed by atoms with Gasteiger partial charge < -0.3 is 15.8 Å². The zero-order valence-electron chi connectivity index (χ0n) is 13.2. The zero-order valence-corrected chi connectivity index (χ0v) is 14.0. The molecule has 0 heterocycles. The number of amides is 1. The van der Waals surface area contributed by atoms with Crippen LogP contribution in [0.2, 0.25) is 0 Å². The van der Waals surface area contributed by atoms with E-state index >= 15 is 0 Å². The molecule has 2 rings (SSSR count). The van der Waals surface area contributed by atoms with Crippen molar-refractivity contribution in [1.29, 1.82) is 0 Å². The van der Waals surface area contributed by atoms with Gasteiger partial charge in [-0.2, -0.15) is 0 Å². The van der Waals surface area contributed by atoms with Crippen molar-refractivity contribution >= 4 is 21.4 Å². The molecular weight excluding hydrogens is 316 g/mol. The Balaban J connectivity index is 1.80. The smallest absolute Gasteiger partial charge is 0.225 e. The van der Waals surface area contributed by atoms with Crippen molar-refractivity contribution in [3.63, 3.8) is 0 Å². The minimum absolute atomic E-state index is 0.00966. The van der Waals surface area contributed by atoms with E-state index in [4.69, 9.17) is 10.5 Å². The lowest BCUT2D eigenvalue weighted by Crippen LogP contribution is -2.24. The summed E-state index contributed by atoms with van der Waals surface area (Å²) >= 11 is 0. The standard InChI is InChI=1S/C16H24N2O4S/c17-10-11-22-14-7-5-13(6-8-14)18-16(19)9-12-23(20,21)15-3-1-2-4-15/h5-8,15H,1-4,9-12,17H2,(H,18,19). The Morgan fingerprint density at radius 2 is 1.87 bits per heavy atom. The van der Waals surface area contributed by atoms with Gasteiger partial charge in [0, 0.05) is 18.7 Å². The Labute approximate surface area is 137 Å². The molecule has 0 saturated heterocycles. The van der Waals surface area contributed by atoms with Gasteiger partial charge in [-0.3, -0.25) is 4.79 Å². The first-order valence-corrected chi connectivity index (χ1v) is 9.67. The average molecular weight is 340 g/mol. The predicted octanol–water partition coefficient (Wildman–Crippen LogP) is 1.71. The van der Waals surface area contributed by atoms with E-state index in [0.717, 1.165) is 25.7 Å². The van der Waals surface area contributed by atoms with Gasteiger partial charge in [0.1, 0.15) is 12.4 Å². The quantitative estimate of drug-likeness (QED) is 0.750. The van der Waals surface area contributed by atoms with Crippen molar-refractivity contribution in [3.8, 4) is 5.75 Å². The van der Waals surface area contributed by atoms with E-state index < -0.39 is 9.84 Å². The SMILES string of the molecule is NCCOc1ccc(NC(=O)CCS(=O)(=O)C2CCCC2)cc1. The van der Waals surface area contributed by atoms with Crippen molar-refractivity contribution in [1.82, 2.24) is 0 Å². The first-order valence-electron chi connectivity index (χ1n) is 7.95. The fraction of sp³-hybridized carbons (Fsp3) is 0.562. The highest BCUT2D eigenvalue weighted by atomic mass is 32.2. The van der Waals surface area contributed by atoms with Crippen LogP contribution in [0.5, 0.6) is 5.75 Å². The monoisotopic (exact) mass is 340 g/mol. The van der Waals surface area contributed by atoms with Crippen molar-refractivity contribution in [2.75, 3.05) is 24.2 Å². The van der Waals surface area contributed by atoms with Crippen LogP contribution in [0.3, 0.4) is 0 Å². The predicted molar refractivity (Wildman–Crippen MR) is 90.3 cm³/mol. The van der Waals surface area contributed by atoms with E-state index in [-0.39, 0.29) is 23.3 Å². The Bertz CT molecular complexity index is 607. The maximum atomic E-state index is 12.1. The van der Waals surface area contributed by atoms with E-state index in [1.165, 1.54) is 0 Å². The maximum absolute atomic E-state index is 12.1. The fourth-order valence-electron chi connectivity index (χ4n) is 2.68. The Hall–Kier alpha value is -1.60. The number of nitrogens with two attached hydrogens (primary N) is 1. The van der Waals surface area contributed by atoms with Crippen LogP contribution in [-0.4, -0.2) is 38.5 Å². The molecule has 7 heteroatoms. The third-order valence-corrected chi connectivity index (χ3v) is 6.21. The summed E-state index contributed by atoms with van der Waals surface area (Å²) in [4.78, 5) is 11.9. The van der Waals surface area contributed by atoms with Crippen LogP contribution in [-0.2, 0) is 14.6 Å². The van der Waals surface area contributed by atoms with E-state index in [1.807, 2.05) is 0 Å². The average Bonchev–Trinajstić information content (AvgIpc) is 3.08. The topological polar surface area (TPSA) is 98.5 Å². The van der Waals surface area contributed by atoms with Gasteiger partial charge in [0.2, 0.25) is 5.91 Å². The molecule has 0 unspecified atom stereocenters. The van der Waals surface area contributed by atoms with Gasteiger partial charge in [0.05, 0.1) is 11.0 Å². The minimum Gasteiger partial charge on any atom is -0.492 e. The normalized spacial score (nSPS) is 15.5. The third-order valence-electron chi connectivity index (χ3n) is 3.95. The van der Waals surface area contributed by atoms with Crippen LogP contribution < -0.4 is 15.8 Å². The van der Waals surface area contributed by atoms with Gasteiger partial charge in [0.15, 0.2) is 9.84 Å². The molecule has 1 aliphatic rings. The maximum Gasteiger partial charge on any atom is 0.225 e. The highest BCUT2D eigenvalue weighted by Crippen LogP contribution is 2.25. The molecule has 0 radical (unpaired) electrons. The lowest BCUT2D eigenvalue weighted by Gasteiger charge is -2.11. The number of carbonyl (C=O) groups is 1. The molecule has 0 atom stereocenters. The summed E-state index contributed by atoms with van der Waals surface area (Å²) in [6.45, 7) is 0.874. The van der Waals surface area contributed by atoms with Crippen LogP contribution in [0.25, 0.3) is 0 Å². The number of anilines is 1. The molecule has 0 spiro atoms. The summed E-state index contributed by atoms with van der Waals surface area (Å²) in [7, 11) is -3.16. The Kier molecular flexibility index (Phi) is 6.41. The number of hydrogen-bond donors (Lipinski definition) is 2. The molecule has 1 aromatic rings. The molecule has 3 N–H and O–H groups in total. The van der Waals surface area contributed by atoms with Gasteiger partial charge in [-0.1, -0.05) is 12.8 Å². The van der Waals surface area contributed by atoms with Gasteiger partial charge in [-0.15, -0.1) is 0 Å².